The fourth-order valence-electron chi connectivity index (χ4n) is 1.56. The van der Waals surface area contributed by atoms with Gasteiger partial charge in [0.1, 0.15) is 0 Å². The molecule has 0 amide bonds. The van der Waals surface area contributed by atoms with Crippen molar-refractivity contribution in [1.29, 1.82) is 0 Å². The monoisotopic (exact) mass is 206 g/mol. The second-order valence-corrected chi connectivity index (χ2v) is 4.30. The lowest BCUT2D eigenvalue weighted by Gasteiger charge is -2.27. The van der Waals surface area contributed by atoms with Gasteiger partial charge in [-0.15, -0.1) is 16.4 Å². The normalized spacial score (nSPS) is 16.9. The minimum Gasteiger partial charge on any atom is -0.312 e. The summed E-state index contributed by atoms with van der Waals surface area (Å²) in [7, 11) is 0. The van der Waals surface area contributed by atoms with Crippen LogP contribution in [0, 0.1) is 0 Å². The Morgan fingerprint density at radius 2 is 2.43 bits per heavy atom. The minimum absolute atomic E-state index is 0.481. The molecule has 0 aliphatic carbocycles. The van der Waals surface area contributed by atoms with E-state index in [0.29, 0.717) is 6.04 Å². The second kappa shape index (κ2) is 3.18. The standard InChI is InChI=1S/C9H10N4S/c1-2-9(14-3-1)8-6-11-12-13(8)7-4-10-5-7/h1-3,6-7,10H,4-5H2. The molecule has 0 bridgehead atoms. The molecule has 4 nitrogen and oxygen atoms in total. The smallest absolute Gasteiger partial charge is 0.0989 e. The molecule has 0 radical (unpaired) electrons. The van der Waals surface area contributed by atoms with Gasteiger partial charge in [0, 0.05) is 13.1 Å². The summed E-state index contributed by atoms with van der Waals surface area (Å²) in [6.07, 6.45) is 1.84. The Labute approximate surface area is 85.6 Å². The Hall–Kier alpha value is -1.20. The molecule has 3 rings (SSSR count). The topological polar surface area (TPSA) is 42.7 Å². The molecule has 0 saturated carbocycles. The van der Waals surface area contributed by atoms with Crippen LogP contribution in [0.2, 0.25) is 0 Å². The number of nitrogens with zero attached hydrogens (tertiary/aromatic N) is 3. The van der Waals surface area contributed by atoms with Gasteiger partial charge in [-0.25, -0.2) is 4.68 Å². The molecular formula is C9H10N4S. The molecule has 5 heteroatoms. The summed E-state index contributed by atoms with van der Waals surface area (Å²) in [4.78, 5) is 1.24. The molecule has 2 aromatic rings. The van der Waals surface area contributed by atoms with Crippen LogP contribution in [0.3, 0.4) is 0 Å². The molecule has 2 aromatic heterocycles. The van der Waals surface area contributed by atoms with Crippen molar-refractivity contribution in [3.63, 3.8) is 0 Å². The summed E-state index contributed by atoms with van der Waals surface area (Å²) < 4.78 is 2.02. The molecular weight excluding hydrogens is 196 g/mol. The third kappa shape index (κ3) is 1.17. The molecule has 0 unspecified atom stereocenters. The number of hydrogen-bond donors (Lipinski definition) is 1. The highest BCUT2D eigenvalue weighted by Crippen LogP contribution is 2.26. The molecule has 1 N–H and O–H groups in total. The van der Waals surface area contributed by atoms with Crippen molar-refractivity contribution in [3.8, 4) is 10.6 Å². The fourth-order valence-corrected chi connectivity index (χ4v) is 2.29. The summed E-state index contributed by atoms with van der Waals surface area (Å²) in [5.41, 5.74) is 1.13. The Bertz CT molecular complexity index is 416. The molecule has 3 heterocycles. The van der Waals surface area contributed by atoms with E-state index in [-0.39, 0.29) is 0 Å². The Balaban J connectivity index is 2.01. The van der Waals surface area contributed by atoms with Crippen LogP contribution < -0.4 is 5.32 Å². The number of rotatable bonds is 2. The van der Waals surface area contributed by atoms with E-state index < -0.39 is 0 Å². The van der Waals surface area contributed by atoms with Crippen molar-refractivity contribution in [2.75, 3.05) is 13.1 Å². The maximum Gasteiger partial charge on any atom is 0.0989 e. The lowest BCUT2D eigenvalue weighted by Crippen LogP contribution is -2.44. The van der Waals surface area contributed by atoms with Gasteiger partial charge in [-0.05, 0) is 11.4 Å². The van der Waals surface area contributed by atoms with Crippen LogP contribution in [-0.2, 0) is 0 Å². The summed E-state index contributed by atoms with van der Waals surface area (Å²) in [6.45, 7) is 2.00. The number of hydrogen-bond acceptors (Lipinski definition) is 4. The van der Waals surface area contributed by atoms with Crippen LogP contribution in [-0.4, -0.2) is 28.1 Å². The first-order valence-electron chi connectivity index (χ1n) is 4.60. The van der Waals surface area contributed by atoms with E-state index in [2.05, 4.69) is 33.1 Å². The summed E-state index contributed by atoms with van der Waals surface area (Å²) in [5, 5.41) is 13.4. The van der Waals surface area contributed by atoms with Gasteiger partial charge < -0.3 is 5.32 Å². The van der Waals surface area contributed by atoms with Crippen molar-refractivity contribution in [2.45, 2.75) is 6.04 Å². The van der Waals surface area contributed by atoms with Gasteiger partial charge in [-0.2, -0.15) is 0 Å². The molecule has 72 valence electrons. The largest absolute Gasteiger partial charge is 0.312 e. The number of nitrogens with one attached hydrogen (secondary N) is 1. The van der Waals surface area contributed by atoms with Crippen molar-refractivity contribution >= 4 is 11.3 Å². The lowest BCUT2D eigenvalue weighted by atomic mass is 10.2. The number of aromatic nitrogens is 3. The highest BCUT2D eigenvalue weighted by atomic mass is 32.1. The quantitative estimate of drug-likeness (QED) is 0.801. The zero-order chi connectivity index (χ0) is 9.38. The van der Waals surface area contributed by atoms with Crippen LogP contribution in [0.5, 0.6) is 0 Å². The van der Waals surface area contributed by atoms with Crippen LogP contribution in [0.25, 0.3) is 10.6 Å². The van der Waals surface area contributed by atoms with Gasteiger partial charge in [0.05, 0.1) is 22.8 Å². The summed E-state index contributed by atoms with van der Waals surface area (Å²) >= 11 is 1.73. The average molecular weight is 206 g/mol. The van der Waals surface area contributed by atoms with E-state index in [1.165, 1.54) is 4.88 Å². The van der Waals surface area contributed by atoms with Crippen LogP contribution in [0.15, 0.2) is 23.7 Å². The van der Waals surface area contributed by atoms with Gasteiger partial charge >= 0.3 is 0 Å². The van der Waals surface area contributed by atoms with Crippen molar-refractivity contribution in [2.24, 2.45) is 0 Å². The minimum atomic E-state index is 0.481. The Morgan fingerprint density at radius 3 is 3.07 bits per heavy atom. The first kappa shape index (κ1) is 8.14. The van der Waals surface area contributed by atoms with Gasteiger partial charge in [0.15, 0.2) is 0 Å². The zero-order valence-corrected chi connectivity index (χ0v) is 8.37. The molecule has 0 aromatic carbocycles. The molecule has 1 saturated heterocycles. The van der Waals surface area contributed by atoms with Gasteiger partial charge in [0.25, 0.3) is 0 Å². The van der Waals surface area contributed by atoms with E-state index in [1.54, 1.807) is 11.3 Å². The molecule has 1 fully saturated rings. The van der Waals surface area contributed by atoms with Crippen LogP contribution in [0.1, 0.15) is 6.04 Å². The molecule has 1 aliphatic heterocycles. The highest BCUT2D eigenvalue weighted by Gasteiger charge is 2.22. The van der Waals surface area contributed by atoms with Crippen LogP contribution in [0.4, 0.5) is 0 Å². The predicted molar refractivity (Wildman–Crippen MR) is 55.2 cm³/mol. The summed E-state index contributed by atoms with van der Waals surface area (Å²) in [6, 6.07) is 4.64. The van der Waals surface area contributed by atoms with Crippen LogP contribution >= 0.6 is 11.3 Å². The first-order valence-corrected chi connectivity index (χ1v) is 5.48. The molecule has 0 spiro atoms. The first-order chi connectivity index (χ1) is 6.95. The average Bonchev–Trinajstić information content (AvgIpc) is 2.66. The number of thiophene rings is 1. The van der Waals surface area contributed by atoms with Gasteiger partial charge in [-0.1, -0.05) is 11.3 Å². The Kier molecular flexibility index (Phi) is 1.85. The molecule has 1 aliphatic rings. The second-order valence-electron chi connectivity index (χ2n) is 3.35. The van der Waals surface area contributed by atoms with E-state index in [4.69, 9.17) is 0 Å². The molecule has 14 heavy (non-hydrogen) atoms. The van der Waals surface area contributed by atoms with E-state index >= 15 is 0 Å². The van der Waals surface area contributed by atoms with Crippen molar-refractivity contribution in [3.05, 3.63) is 23.7 Å². The lowest BCUT2D eigenvalue weighted by molar-refractivity contribution is 0.316. The van der Waals surface area contributed by atoms with E-state index in [9.17, 15) is 0 Å². The maximum absolute atomic E-state index is 4.13. The summed E-state index contributed by atoms with van der Waals surface area (Å²) in [5.74, 6) is 0. The fraction of sp³-hybridized carbons (Fsp3) is 0.333. The zero-order valence-electron chi connectivity index (χ0n) is 7.55. The molecule has 0 atom stereocenters. The highest BCUT2D eigenvalue weighted by molar-refractivity contribution is 7.13. The SMILES string of the molecule is c1csc(-c2cnnn2C2CNC2)c1. The Morgan fingerprint density at radius 1 is 1.50 bits per heavy atom. The maximum atomic E-state index is 4.13. The van der Waals surface area contributed by atoms with Crippen molar-refractivity contribution < 1.29 is 0 Å². The van der Waals surface area contributed by atoms with E-state index in [1.807, 2.05) is 10.9 Å². The van der Waals surface area contributed by atoms with Gasteiger partial charge in [-0.3, -0.25) is 0 Å². The van der Waals surface area contributed by atoms with E-state index in [0.717, 1.165) is 18.8 Å². The third-order valence-electron chi connectivity index (χ3n) is 2.45. The third-order valence-corrected chi connectivity index (χ3v) is 3.35. The predicted octanol–water partition coefficient (Wildman–Crippen LogP) is 1.15. The van der Waals surface area contributed by atoms with Gasteiger partial charge in [0.2, 0.25) is 0 Å². The van der Waals surface area contributed by atoms with Crippen molar-refractivity contribution in [1.82, 2.24) is 20.3 Å².